The molecule has 1 aliphatic carbocycles. The Labute approximate surface area is 99.5 Å². The van der Waals surface area contributed by atoms with Crippen LogP contribution in [0.4, 0.5) is 0 Å². The summed E-state index contributed by atoms with van der Waals surface area (Å²) in [5.41, 5.74) is 3.14. The minimum atomic E-state index is 0.228. The van der Waals surface area contributed by atoms with E-state index in [4.69, 9.17) is 0 Å². The van der Waals surface area contributed by atoms with E-state index in [9.17, 15) is 4.79 Å². The van der Waals surface area contributed by atoms with Gasteiger partial charge in [-0.25, -0.2) is 4.98 Å². The van der Waals surface area contributed by atoms with Gasteiger partial charge in [0.2, 0.25) is 5.91 Å². The summed E-state index contributed by atoms with van der Waals surface area (Å²) in [7, 11) is 0. The number of hydrogen-bond donors (Lipinski definition) is 0. The monoisotopic (exact) mass is 236 g/mol. The van der Waals surface area contributed by atoms with E-state index in [0.717, 1.165) is 32.4 Å². The molecule has 0 saturated carbocycles. The average Bonchev–Trinajstić information content (AvgIpc) is 2.98. The summed E-state index contributed by atoms with van der Waals surface area (Å²) in [4.78, 5) is 20.0. The fourth-order valence-electron chi connectivity index (χ4n) is 2.71. The SMILES string of the molecule is O=C(C1CCc2ncsc2C1)N1CCCC1. The first-order valence-electron chi connectivity index (χ1n) is 6.04. The quantitative estimate of drug-likeness (QED) is 0.746. The van der Waals surface area contributed by atoms with Crippen LogP contribution >= 0.6 is 11.3 Å². The van der Waals surface area contributed by atoms with E-state index in [2.05, 4.69) is 9.88 Å². The van der Waals surface area contributed by atoms with Crippen molar-refractivity contribution in [3.05, 3.63) is 16.1 Å². The van der Waals surface area contributed by atoms with Crippen LogP contribution in [-0.2, 0) is 17.6 Å². The van der Waals surface area contributed by atoms with Gasteiger partial charge in [-0.3, -0.25) is 4.79 Å². The van der Waals surface area contributed by atoms with Crippen LogP contribution in [0.2, 0.25) is 0 Å². The van der Waals surface area contributed by atoms with Crippen LogP contribution in [0.1, 0.15) is 29.8 Å². The van der Waals surface area contributed by atoms with E-state index in [1.165, 1.54) is 23.4 Å². The molecular formula is C12H16N2OS. The van der Waals surface area contributed by atoms with E-state index >= 15 is 0 Å². The van der Waals surface area contributed by atoms with Crippen LogP contribution in [0.15, 0.2) is 5.51 Å². The molecule has 1 aromatic rings. The Morgan fingerprint density at radius 1 is 1.44 bits per heavy atom. The van der Waals surface area contributed by atoms with E-state index in [0.29, 0.717) is 5.91 Å². The highest BCUT2D eigenvalue weighted by molar-refractivity contribution is 7.09. The van der Waals surface area contributed by atoms with Crippen LogP contribution < -0.4 is 0 Å². The van der Waals surface area contributed by atoms with Crippen LogP contribution in [0.5, 0.6) is 0 Å². The van der Waals surface area contributed by atoms with Crippen molar-refractivity contribution in [2.75, 3.05) is 13.1 Å². The maximum atomic E-state index is 12.2. The number of carbonyl (C=O) groups excluding carboxylic acids is 1. The van der Waals surface area contributed by atoms with Gasteiger partial charge in [-0.05, 0) is 32.1 Å². The molecule has 86 valence electrons. The molecule has 2 aliphatic rings. The second-order valence-electron chi connectivity index (χ2n) is 4.69. The summed E-state index contributed by atoms with van der Waals surface area (Å²) < 4.78 is 0. The van der Waals surface area contributed by atoms with Crippen molar-refractivity contribution < 1.29 is 4.79 Å². The van der Waals surface area contributed by atoms with Crippen molar-refractivity contribution in [3.8, 4) is 0 Å². The van der Waals surface area contributed by atoms with Gasteiger partial charge in [0, 0.05) is 23.9 Å². The summed E-state index contributed by atoms with van der Waals surface area (Å²) in [6.45, 7) is 1.95. The lowest BCUT2D eigenvalue weighted by Crippen LogP contribution is -2.36. The van der Waals surface area contributed by atoms with Crippen molar-refractivity contribution in [2.45, 2.75) is 32.1 Å². The Kier molecular flexibility index (Phi) is 2.67. The smallest absolute Gasteiger partial charge is 0.226 e. The van der Waals surface area contributed by atoms with Gasteiger partial charge >= 0.3 is 0 Å². The molecule has 2 heterocycles. The summed E-state index contributed by atoms with van der Waals surface area (Å²) >= 11 is 1.71. The van der Waals surface area contributed by atoms with Crippen LogP contribution in [-0.4, -0.2) is 28.9 Å². The van der Waals surface area contributed by atoms with Crippen molar-refractivity contribution in [1.82, 2.24) is 9.88 Å². The van der Waals surface area contributed by atoms with Gasteiger partial charge in [0.05, 0.1) is 11.2 Å². The Balaban J connectivity index is 1.71. The average molecular weight is 236 g/mol. The zero-order chi connectivity index (χ0) is 11.0. The largest absolute Gasteiger partial charge is 0.342 e. The zero-order valence-electron chi connectivity index (χ0n) is 9.32. The van der Waals surface area contributed by atoms with E-state index in [-0.39, 0.29) is 5.92 Å². The molecule has 0 bridgehead atoms. The third kappa shape index (κ3) is 1.75. The number of aryl methyl sites for hydroxylation is 1. The van der Waals surface area contributed by atoms with Gasteiger partial charge in [-0.1, -0.05) is 0 Å². The molecule has 1 amide bonds. The van der Waals surface area contributed by atoms with E-state index in [1.54, 1.807) is 11.3 Å². The highest BCUT2D eigenvalue weighted by atomic mass is 32.1. The standard InChI is InChI=1S/C12H16N2OS/c15-12(14-5-1-2-6-14)9-3-4-10-11(7-9)16-8-13-10/h8-9H,1-7H2. The van der Waals surface area contributed by atoms with E-state index in [1.807, 2.05) is 5.51 Å². The number of thiazole rings is 1. The van der Waals surface area contributed by atoms with Crippen molar-refractivity contribution in [2.24, 2.45) is 5.92 Å². The lowest BCUT2D eigenvalue weighted by Gasteiger charge is -2.25. The van der Waals surface area contributed by atoms with Crippen LogP contribution in [0, 0.1) is 5.92 Å². The first-order valence-corrected chi connectivity index (χ1v) is 6.92. The summed E-state index contributed by atoms with van der Waals surface area (Å²) in [5, 5.41) is 0. The number of aromatic nitrogens is 1. The summed E-state index contributed by atoms with van der Waals surface area (Å²) in [6.07, 6.45) is 5.28. The molecule has 16 heavy (non-hydrogen) atoms. The Morgan fingerprint density at radius 3 is 3.06 bits per heavy atom. The fraction of sp³-hybridized carbons (Fsp3) is 0.667. The van der Waals surface area contributed by atoms with Gasteiger partial charge in [0.15, 0.2) is 0 Å². The number of nitrogens with zero attached hydrogens (tertiary/aromatic N) is 2. The molecule has 0 aromatic carbocycles. The fourth-order valence-corrected chi connectivity index (χ4v) is 3.60. The summed E-state index contributed by atoms with van der Waals surface area (Å²) in [6, 6.07) is 0. The van der Waals surface area contributed by atoms with E-state index < -0.39 is 0 Å². The molecule has 4 heteroatoms. The molecule has 1 saturated heterocycles. The number of amides is 1. The van der Waals surface area contributed by atoms with Crippen molar-refractivity contribution in [1.29, 1.82) is 0 Å². The molecule has 1 atom stereocenters. The zero-order valence-corrected chi connectivity index (χ0v) is 10.1. The molecule has 0 spiro atoms. The normalized spacial score (nSPS) is 24.5. The first-order chi connectivity index (χ1) is 7.84. The van der Waals surface area contributed by atoms with Crippen molar-refractivity contribution in [3.63, 3.8) is 0 Å². The van der Waals surface area contributed by atoms with Crippen LogP contribution in [0.3, 0.4) is 0 Å². The molecule has 1 fully saturated rings. The molecule has 3 nitrogen and oxygen atoms in total. The number of carbonyl (C=O) groups is 1. The Morgan fingerprint density at radius 2 is 2.25 bits per heavy atom. The predicted molar refractivity (Wildman–Crippen MR) is 63.4 cm³/mol. The third-order valence-corrected chi connectivity index (χ3v) is 4.55. The maximum absolute atomic E-state index is 12.2. The number of likely N-dealkylation sites (tertiary alicyclic amines) is 1. The summed E-state index contributed by atoms with van der Waals surface area (Å²) in [5.74, 6) is 0.614. The molecule has 1 aliphatic heterocycles. The second-order valence-corrected chi connectivity index (χ2v) is 5.63. The molecule has 1 unspecified atom stereocenters. The Hall–Kier alpha value is -0.900. The number of hydrogen-bond acceptors (Lipinski definition) is 3. The van der Waals surface area contributed by atoms with Gasteiger partial charge in [-0.15, -0.1) is 11.3 Å². The number of fused-ring (bicyclic) bond motifs is 1. The lowest BCUT2D eigenvalue weighted by molar-refractivity contribution is -0.134. The van der Waals surface area contributed by atoms with Gasteiger partial charge < -0.3 is 4.90 Å². The topological polar surface area (TPSA) is 33.2 Å². The first kappa shape index (κ1) is 10.3. The lowest BCUT2D eigenvalue weighted by atomic mass is 9.90. The molecule has 0 N–H and O–H groups in total. The van der Waals surface area contributed by atoms with Crippen molar-refractivity contribution >= 4 is 17.2 Å². The Bertz CT molecular complexity index is 395. The highest BCUT2D eigenvalue weighted by Crippen LogP contribution is 2.29. The van der Waals surface area contributed by atoms with Crippen LogP contribution in [0.25, 0.3) is 0 Å². The minimum Gasteiger partial charge on any atom is -0.342 e. The molecular weight excluding hydrogens is 220 g/mol. The van der Waals surface area contributed by atoms with Gasteiger partial charge in [0.25, 0.3) is 0 Å². The minimum absolute atomic E-state index is 0.228. The maximum Gasteiger partial charge on any atom is 0.226 e. The molecule has 3 rings (SSSR count). The molecule has 1 aromatic heterocycles. The third-order valence-electron chi connectivity index (χ3n) is 3.65. The molecule has 0 radical (unpaired) electrons. The number of rotatable bonds is 1. The van der Waals surface area contributed by atoms with Gasteiger partial charge in [-0.2, -0.15) is 0 Å². The second kappa shape index (κ2) is 4.17. The predicted octanol–water partition coefficient (Wildman–Crippen LogP) is 1.87. The van der Waals surface area contributed by atoms with Gasteiger partial charge in [0.1, 0.15) is 0 Å². The highest BCUT2D eigenvalue weighted by Gasteiger charge is 2.30.